The molecule has 0 saturated carbocycles. The molecule has 1 aromatic carbocycles. The van der Waals surface area contributed by atoms with E-state index in [9.17, 15) is 21.6 Å². The van der Waals surface area contributed by atoms with Crippen molar-refractivity contribution in [1.29, 1.82) is 0 Å². The van der Waals surface area contributed by atoms with Crippen LogP contribution in [0.15, 0.2) is 17.0 Å². The molecule has 0 radical (unpaired) electrons. The molecule has 0 spiro atoms. The minimum absolute atomic E-state index is 0.0804. The number of aryl methyl sites for hydroxylation is 2. The van der Waals surface area contributed by atoms with Crippen LogP contribution in [-0.4, -0.2) is 82.3 Å². The molecule has 30 heavy (non-hydrogen) atoms. The largest absolute Gasteiger partial charge is 0.339 e. The number of hydrogen-bond donors (Lipinski definition) is 0. The van der Waals surface area contributed by atoms with Crippen LogP contribution in [0.3, 0.4) is 0 Å². The molecular formula is C20H33N3O5S2. The molecule has 1 heterocycles. The lowest BCUT2D eigenvalue weighted by Gasteiger charge is -2.35. The van der Waals surface area contributed by atoms with Crippen molar-refractivity contribution in [2.45, 2.75) is 44.9 Å². The van der Waals surface area contributed by atoms with Crippen LogP contribution < -0.4 is 0 Å². The second-order valence-corrected chi connectivity index (χ2v) is 13.0. The Morgan fingerprint density at radius 1 is 1.00 bits per heavy atom. The minimum Gasteiger partial charge on any atom is -0.339 e. The van der Waals surface area contributed by atoms with Gasteiger partial charge in [0, 0.05) is 33.2 Å². The molecule has 1 aliphatic rings. The van der Waals surface area contributed by atoms with E-state index in [0.29, 0.717) is 16.0 Å². The summed E-state index contributed by atoms with van der Waals surface area (Å²) in [4.78, 5) is 14.2. The highest BCUT2D eigenvalue weighted by Crippen LogP contribution is 2.31. The van der Waals surface area contributed by atoms with Crippen LogP contribution in [0.1, 0.15) is 37.5 Å². The van der Waals surface area contributed by atoms with Gasteiger partial charge in [0.2, 0.25) is 26.0 Å². The van der Waals surface area contributed by atoms with Gasteiger partial charge in [-0.25, -0.2) is 16.8 Å². The van der Waals surface area contributed by atoms with Gasteiger partial charge in [-0.15, -0.1) is 0 Å². The molecule has 0 aromatic heterocycles. The van der Waals surface area contributed by atoms with Crippen LogP contribution in [-0.2, 0) is 30.3 Å². The van der Waals surface area contributed by atoms with E-state index in [-0.39, 0.29) is 44.0 Å². The molecule has 1 amide bonds. The summed E-state index contributed by atoms with van der Waals surface area (Å²) in [6.07, 6.45) is 1.04. The van der Waals surface area contributed by atoms with Gasteiger partial charge in [-0.2, -0.15) is 8.61 Å². The fourth-order valence-corrected chi connectivity index (χ4v) is 5.68. The summed E-state index contributed by atoms with van der Waals surface area (Å²) in [5, 5.41) is 0. The number of sulfonamides is 2. The molecule has 2 rings (SSSR count). The van der Waals surface area contributed by atoms with Gasteiger partial charge < -0.3 is 4.90 Å². The molecule has 10 heteroatoms. The third-order valence-corrected chi connectivity index (χ3v) is 8.91. The molecule has 0 atom stereocenters. The fourth-order valence-electron chi connectivity index (χ4n) is 3.50. The molecule has 1 aliphatic heterocycles. The second-order valence-electron chi connectivity index (χ2n) is 8.99. The summed E-state index contributed by atoms with van der Waals surface area (Å²) < 4.78 is 52.0. The van der Waals surface area contributed by atoms with Gasteiger partial charge in [0.25, 0.3) is 0 Å². The number of piperazine rings is 1. The van der Waals surface area contributed by atoms with Gasteiger partial charge >= 0.3 is 0 Å². The molecule has 0 bridgehead atoms. The molecule has 1 aromatic rings. The number of nitrogens with zero attached hydrogens (tertiary/aromatic N) is 3. The lowest BCUT2D eigenvalue weighted by molar-refractivity contribution is -0.132. The van der Waals surface area contributed by atoms with Crippen molar-refractivity contribution in [2.75, 3.05) is 46.0 Å². The first-order valence-corrected chi connectivity index (χ1v) is 13.1. The van der Waals surface area contributed by atoms with Crippen molar-refractivity contribution in [1.82, 2.24) is 13.5 Å². The highest BCUT2D eigenvalue weighted by molar-refractivity contribution is 7.89. The van der Waals surface area contributed by atoms with Gasteiger partial charge in [-0.3, -0.25) is 4.79 Å². The van der Waals surface area contributed by atoms with E-state index in [1.54, 1.807) is 0 Å². The van der Waals surface area contributed by atoms with Gasteiger partial charge in [-0.1, -0.05) is 32.9 Å². The second kappa shape index (κ2) is 8.57. The predicted molar refractivity (Wildman–Crippen MR) is 117 cm³/mol. The molecule has 0 N–H and O–H groups in total. The predicted octanol–water partition coefficient (Wildman–Crippen LogP) is 1.33. The Balaban J connectivity index is 2.16. The third kappa shape index (κ3) is 5.40. The fraction of sp³-hybridized carbons (Fsp3) is 0.650. The van der Waals surface area contributed by atoms with Gasteiger partial charge in [0.15, 0.2) is 0 Å². The maximum Gasteiger partial charge on any atom is 0.243 e. The minimum atomic E-state index is -3.69. The SMILES string of the molecule is Cc1cc(C(C)(C)C)cc(C)c1S(=O)(=O)N1CCN(C(=O)CN(C)S(C)(=O)=O)CC1. The zero-order valence-electron chi connectivity index (χ0n) is 18.9. The summed E-state index contributed by atoms with van der Waals surface area (Å²) in [7, 11) is -5.79. The Morgan fingerprint density at radius 3 is 1.87 bits per heavy atom. The number of rotatable bonds is 5. The number of likely N-dealkylation sites (N-methyl/N-ethyl adjacent to an activating group) is 1. The molecule has 1 fully saturated rings. The molecule has 170 valence electrons. The van der Waals surface area contributed by atoms with Gasteiger partial charge in [0.1, 0.15) is 0 Å². The van der Waals surface area contributed by atoms with Gasteiger partial charge in [0.05, 0.1) is 17.7 Å². The first-order valence-electron chi connectivity index (χ1n) is 9.86. The van der Waals surface area contributed by atoms with Crippen molar-refractivity contribution in [3.63, 3.8) is 0 Å². The average Bonchev–Trinajstić information content (AvgIpc) is 2.59. The van der Waals surface area contributed by atoms with E-state index in [1.165, 1.54) is 16.3 Å². The number of amides is 1. The van der Waals surface area contributed by atoms with E-state index >= 15 is 0 Å². The highest BCUT2D eigenvalue weighted by atomic mass is 32.2. The van der Waals surface area contributed by atoms with Crippen LogP contribution in [0.4, 0.5) is 0 Å². The zero-order chi connectivity index (χ0) is 23.1. The quantitative estimate of drug-likeness (QED) is 0.662. The number of carbonyl (C=O) groups excluding carboxylic acids is 1. The maximum absolute atomic E-state index is 13.3. The van der Waals surface area contributed by atoms with Crippen molar-refractivity contribution in [3.05, 3.63) is 28.8 Å². The summed E-state index contributed by atoms with van der Waals surface area (Å²) >= 11 is 0. The normalized spacial score (nSPS) is 16.9. The Labute approximate surface area is 180 Å². The van der Waals surface area contributed by atoms with Crippen LogP contribution in [0.25, 0.3) is 0 Å². The standard InChI is InChI=1S/C20H33N3O5S2/c1-15-12-17(20(3,4)5)13-16(2)19(15)30(27,28)23-10-8-22(9-11-23)18(24)14-21(6)29(7,25)26/h12-13H,8-11,14H2,1-7H3. The van der Waals surface area contributed by atoms with E-state index in [0.717, 1.165) is 16.1 Å². The third-order valence-electron chi connectivity index (χ3n) is 5.44. The molecule has 0 aliphatic carbocycles. The summed E-state index contributed by atoms with van der Waals surface area (Å²) in [6.45, 7) is 10.5. The number of carbonyl (C=O) groups is 1. The zero-order valence-corrected chi connectivity index (χ0v) is 20.5. The summed E-state index contributed by atoms with van der Waals surface area (Å²) in [5.74, 6) is -0.332. The number of benzene rings is 1. The van der Waals surface area contributed by atoms with Crippen LogP contribution >= 0.6 is 0 Å². The van der Waals surface area contributed by atoms with Crippen LogP contribution in [0.2, 0.25) is 0 Å². The summed E-state index contributed by atoms with van der Waals surface area (Å²) in [5.41, 5.74) is 2.44. The van der Waals surface area contributed by atoms with E-state index < -0.39 is 20.0 Å². The monoisotopic (exact) mass is 459 g/mol. The molecule has 1 saturated heterocycles. The van der Waals surface area contributed by atoms with E-state index in [4.69, 9.17) is 0 Å². The average molecular weight is 460 g/mol. The van der Waals surface area contributed by atoms with Crippen LogP contribution in [0.5, 0.6) is 0 Å². The summed E-state index contributed by atoms with van der Waals surface area (Å²) in [6, 6.07) is 3.86. The maximum atomic E-state index is 13.3. The van der Waals surface area contributed by atoms with E-state index in [2.05, 4.69) is 20.8 Å². The lowest BCUT2D eigenvalue weighted by Crippen LogP contribution is -2.52. The highest BCUT2D eigenvalue weighted by Gasteiger charge is 2.33. The van der Waals surface area contributed by atoms with E-state index in [1.807, 2.05) is 26.0 Å². The Morgan fingerprint density at radius 2 is 1.47 bits per heavy atom. The van der Waals surface area contributed by atoms with Crippen molar-refractivity contribution in [3.8, 4) is 0 Å². The van der Waals surface area contributed by atoms with Crippen molar-refractivity contribution >= 4 is 26.0 Å². The smallest absolute Gasteiger partial charge is 0.243 e. The molecular weight excluding hydrogens is 426 g/mol. The van der Waals surface area contributed by atoms with Crippen LogP contribution in [0, 0.1) is 13.8 Å². The van der Waals surface area contributed by atoms with Gasteiger partial charge in [-0.05, 0) is 36.0 Å². The molecule has 0 unspecified atom stereocenters. The molecule has 8 nitrogen and oxygen atoms in total. The lowest BCUT2D eigenvalue weighted by atomic mass is 9.85. The number of hydrogen-bond acceptors (Lipinski definition) is 5. The Hall–Kier alpha value is -1.49. The van der Waals surface area contributed by atoms with Crippen molar-refractivity contribution < 1.29 is 21.6 Å². The van der Waals surface area contributed by atoms with Crippen molar-refractivity contribution in [2.24, 2.45) is 0 Å². The first kappa shape index (κ1) is 24.8. The first-order chi connectivity index (χ1) is 13.5. The Bertz CT molecular complexity index is 996. The Kier molecular flexibility index (Phi) is 7.07. The topological polar surface area (TPSA) is 95.1 Å².